The van der Waals surface area contributed by atoms with Crippen LogP contribution in [0.4, 0.5) is 4.39 Å². The van der Waals surface area contributed by atoms with Crippen molar-refractivity contribution < 1.29 is 9.18 Å². The lowest BCUT2D eigenvalue weighted by molar-refractivity contribution is -0.136. The highest BCUT2D eigenvalue weighted by molar-refractivity contribution is 6.31. The van der Waals surface area contributed by atoms with Gasteiger partial charge in [-0.2, -0.15) is 0 Å². The van der Waals surface area contributed by atoms with E-state index in [0.29, 0.717) is 17.0 Å². The van der Waals surface area contributed by atoms with Crippen LogP contribution >= 0.6 is 11.6 Å². The van der Waals surface area contributed by atoms with Crippen molar-refractivity contribution in [1.82, 2.24) is 10.2 Å². The molecule has 1 amide bonds. The number of amides is 1. The maximum atomic E-state index is 13.9. The Morgan fingerprint density at radius 1 is 1.43 bits per heavy atom. The Morgan fingerprint density at radius 2 is 2.19 bits per heavy atom. The van der Waals surface area contributed by atoms with Crippen molar-refractivity contribution >= 4 is 17.5 Å². The molecule has 1 aromatic rings. The Labute approximate surface area is 129 Å². The van der Waals surface area contributed by atoms with Gasteiger partial charge in [0.15, 0.2) is 0 Å². The van der Waals surface area contributed by atoms with Crippen LogP contribution in [0.1, 0.15) is 31.7 Å². The first-order chi connectivity index (χ1) is 10.0. The van der Waals surface area contributed by atoms with E-state index in [1.807, 2.05) is 4.90 Å². The van der Waals surface area contributed by atoms with Gasteiger partial charge in [0.25, 0.3) is 0 Å². The van der Waals surface area contributed by atoms with Gasteiger partial charge in [-0.25, -0.2) is 4.39 Å². The zero-order valence-corrected chi connectivity index (χ0v) is 13.0. The number of carbonyl (C=O) groups excluding carboxylic acids is 1. The Kier molecular flexibility index (Phi) is 3.93. The molecule has 1 N–H and O–H groups in total. The summed E-state index contributed by atoms with van der Waals surface area (Å²) in [6.07, 6.45) is 0.699. The number of nitrogens with one attached hydrogen (secondary N) is 1. The van der Waals surface area contributed by atoms with E-state index in [2.05, 4.69) is 19.2 Å². The molecule has 4 atom stereocenters. The van der Waals surface area contributed by atoms with Gasteiger partial charge in [-0.05, 0) is 32.4 Å². The molecule has 0 spiro atoms. The lowest BCUT2D eigenvalue weighted by Gasteiger charge is -2.39. The second-order valence-corrected chi connectivity index (χ2v) is 6.51. The van der Waals surface area contributed by atoms with E-state index in [-0.39, 0.29) is 35.6 Å². The van der Waals surface area contributed by atoms with E-state index in [4.69, 9.17) is 11.6 Å². The average molecular weight is 311 g/mol. The lowest BCUT2D eigenvalue weighted by atomic mass is 10.0. The molecule has 2 fully saturated rings. The molecule has 5 heteroatoms. The van der Waals surface area contributed by atoms with Gasteiger partial charge in [-0.3, -0.25) is 4.79 Å². The second kappa shape index (κ2) is 5.58. The average Bonchev–Trinajstić information content (AvgIpc) is 3.21. The van der Waals surface area contributed by atoms with Gasteiger partial charge in [-0.1, -0.05) is 17.7 Å². The normalized spacial score (nSPS) is 32.1. The molecule has 114 valence electrons. The summed E-state index contributed by atoms with van der Waals surface area (Å²) in [5, 5.41) is 3.79. The molecule has 1 heterocycles. The number of carbonyl (C=O) groups is 1. The molecule has 1 aromatic carbocycles. The third-order valence-corrected chi connectivity index (χ3v) is 5.13. The minimum Gasteiger partial charge on any atom is -0.337 e. The molecule has 3 nitrogen and oxygen atoms in total. The highest BCUT2D eigenvalue weighted by atomic mass is 35.5. The zero-order valence-electron chi connectivity index (χ0n) is 12.3. The van der Waals surface area contributed by atoms with Crippen LogP contribution in [0, 0.1) is 11.7 Å². The summed E-state index contributed by atoms with van der Waals surface area (Å²) in [7, 11) is 0. The van der Waals surface area contributed by atoms with Crippen molar-refractivity contribution in [2.45, 2.75) is 38.3 Å². The van der Waals surface area contributed by atoms with Crippen molar-refractivity contribution in [3.8, 4) is 0 Å². The standard InChI is InChI=1S/C16H20ClFN2O/c1-9-10(2)20(7-6-19-9)16(21)12-8-11(12)15-13(17)4-3-5-14(15)18/h3-5,9-12,19H,6-8H2,1-2H3. The van der Waals surface area contributed by atoms with Crippen molar-refractivity contribution in [3.63, 3.8) is 0 Å². The van der Waals surface area contributed by atoms with E-state index in [1.165, 1.54) is 6.07 Å². The van der Waals surface area contributed by atoms with Crippen molar-refractivity contribution in [1.29, 1.82) is 0 Å². The Morgan fingerprint density at radius 3 is 2.90 bits per heavy atom. The lowest BCUT2D eigenvalue weighted by Crippen LogP contribution is -2.57. The Bertz CT molecular complexity index is 545. The van der Waals surface area contributed by atoms with Gasteiger partial charge in [-0.15, -0.1) is 0 Å². The van der Waals surface area contributed by atoms with Gasteiger partial charge >= 0.3 is 0 Å². The topological polar surface area (TPSA) is 32.3 Å². The zero-order chi connectivity index (χ0) is 15.1. The van der Waals surface area contributed by atoms with Crippen LogP contribution in [-0.2, 0) is 4.79 Å². The summed E-state index contributed by atoms with van der Waals surface area (Å²) >= 11 is 6.10. The predicted molar refractivity (Wildman–Crippen MR) is 80.9 cm³/mol. The molecule has 1 saturated carbocycles. The highest BCUT2D eigenvalue weighted by Gasteiger charge is 2.49. The number of hydrogen-bond acceptors (Lipinski definition) is 2. The third-order valence-electron chi connectivity index (χ3n) is 4.80. The summed E-state index contributed by atoms with van der Waals surface area (Å²) in [6, 6.07) is 5.16. The fourth-order valence-electron chi connectivity index (χ4n) is 3.23. The molecule has 2 aliphatic rings. The summed E-state index contributed by atoms with van der Waals surface area (Å²) in [6.45, 7) is 5.68. The third kappa shape index (κ3) is 2.67. The van der Waals surface area contributed by atoms with Crippen LogP contribution in [0.25, 0.3) is 0 Å². The van der Waals surface area contributed by atoms with E-state index in [1.54, 1.807) is 12.1 Å². The number of nitrogens with zero attached hydrogens (tertiary/aromatic N) is 1. The minimum atomic E-state index is -0.301. The number of rotatable bonds is 2. The molecule has 4 unspecified atom stereocenters. The molecular weight excluding hydrogens is 291 g/mol. The monoisotopic (exact) mass is 310 g/mol. The first kappa shape index (κ1) is 14.8. The fraction of sp³-hybridized carbons (Fsp3) is 0.562. The van der Waals surface area contributed by atoms with Crippen LogP contribution < -0.4 is 5.32 Å². The minimum absolute atomic E-state index is 0.0661. The van der Waals surface area contributed by atoms with Gasteiger partial charge in [0.2, 0.25) is 5.91 Å². The first-order valence-electron chi connectivity index (χ1n) is 7.48. The Hall–Kier alpha value is -1.13. The molecule has 0 radical (unpaired) electrons. The maximum absolute atomic E-state index is 13.9. The van der Waals surface area contributed by atoms with Crippen LogP contribution in [-0.4, -0.2) is 36.0 Å². The summed E-state index contributed by atoms with van der Waals surface area (Å²) in [5.41, 5.74) is 0.508. The van der Waals surface area contributed by atoms with E-state index in [0.717, 1.165) is 13.1 Å². The second-order valence-electron chi connectivity index (χ2n) is 6.10. The van der Waals surface area contributed by atoms with E-state index >= 15 is 0 Å². The number of benzene rings is 1. The van der Waals surface area contributed by atoms with Crippen molar-refractivity contribution in [2.24, 2.45) is 5.92 Å². The SMILES string of the molecule is CC1NCCN(C(=O)C2CC2c2c(F)cccc2Cl)C1C. The van der Waals surface area contributed by atoms with Crippen molar-refractivity contribution in [2.75, 3.05) is 13.1 Å². The van der Waals surface area contributed by atoms with Gasteiger partial charge in [0.1, 0.15) is 5.82 Å². The number of hydrogen-bond donors (Lipinski definition) is 1. The summed E-state index contributed by atoms with van der Waals surface area (Å²) in [4.78, 5) is 14.6. The highest BCUT2D eigenvalue weighted by Crippen LogP contribution is 2.51. The van der Waals surface area contributed by atoms with Crippen LogP contribution in [0.3, 0.4) is 0 Å². The molecule has 1 aliphatic heterocycles. The molecule has 3 rings (SSSR count). The van der Waals surface area contributed by atoms with Gasteiger partial charge in [0, 0.05) is 47.6 Å². The predicted octanol–water partition coefficient (Wildman–Crippen LogP) is 2.79. The molecule has 1 saturated heterocycles. The summed E-state index contributed by atoms with van der Waals surface area (Å²) < 4.78 is 13.9. The maximum Gasteiger partial charge on any atom is 0.226 e. The number of piperazine rings is 1. The fourth-order valence-corrected chi connectivity index (χ4v) is 3.54. The quantitative estimate of drug-likeness (QED) is 0.911. The largest absolute Gasteiger partial charge is 0.337 e. The van der Waals surface area contributed by atoms with E-state index in [9.17, 15) is 9.18 Å². The summed E-state index contributed by atoms with van der Waals surface area (Å²) in [5.74, 6) is -0.347. The van der Waals surface area contributed by atoms with Gasteiger partial charge < -0.3 is 10.2 Å². The molecule has 0 aromatic heterocycles. The Balaban J connectivity index is 1.74. The van der Waals surface area contributed by atoms with Crippen molar-refractivity contribution in [3.05, 3.63) is 34.6 Å². The smallest absolute Gasteiger partial charge is 0.226 e. The van der Waals surface area contributed by atoms with Gasteiger partial charge in [0.05, 0.1) is 0 Å². The van der Waals surface area contributed by atoms with Crippen LogP contribution in [0.15, 0.2) is 18.2 Å². The molecule has 1 aliphatic carbocycles. The molecular formula is C16H20ClFN2O. The molecule has 21 heavy (non-hydrogen) atoms. The number of halogens is 2. The van der Waals surface area contributed by atoms with Crippen LogP contribution in [0.5, 0.6) is 0 Å². The van der Waals surface area contributed by atoms with Crippen LogP contribution in [0.2, 0.25) is 5.02 Å². The van der Waals surface area contributed by atoms with E-state index < -0.39 is 0 Å². The first-order valence-corrected chi connectivity index (χ1v) is 7.86. The molecule has 0 bridgehead atoms.